The lowest BCUT2D eigenvalue weighted by Gasteiger charge is -2.11. The number of benzene rings is 2. The first kappa shape index (κ1) is 23.7. The van der Waals surface area contributed by atoms with Crippen LogP contribution < -0.4 is 5.32 Å². The molecule has 3 N–H and O–H groups in total. The van der Waals surface area contributed by atoms with Gasteiger partial charge in [0.05, 0.1) is 11.4 Å². The number of pyridine rings is 2. The van der Waals surface area contributed by atoms with E-state index in [4.69, 9.17) is 0 Å². The second-order valence-electron chi connectivity index (χ2n) is 10.5. The van der Waals surface area contributed by atoms with Gasteiger partial charge in [0.1, 0.15) is 5.82 Å². The second-order valence-corrected chi connectivity index (χ2v) is 10.5. The summed E-state index contributed by atoms with van der Waals surface area (Å²) >= 11 is 0. The molecule has 1 aliphatic rings. The quantitative estimate of drug-likeness (QED) is 0.209. The molecule has 39 heavy (non-hydrogen) atoms. The van der Waals surface area contributed by atoms with Crippen molar-refractivity contribution in [2.45, 2.75) is 32.2 Å². The van der Waals surface area contributed by atoms with E-state index >= 15 is 0 Å². The van der Waals surface area contributed by atoms with Gasteiger partial charge in [0.25, 0.3) is 0 Å². The molecule has 194 valence electrons. The summed E-state index contributed by atoms with van der Waals surface area (Å²) in [5, 5.41) is 13.3. The molecular weight excluding hydrogens is 487 g/mol. The number of rotatable bonds is 7. The summed E-state index contributed by atoms with van der Waals surface area (Å²) in [4.78, 5) is 12.7. The maximum absolute atomic E-state index is 13.5. The van der Waals surface area contributed by atoms with Crippen LogP contribution in [0.25, 0.3) is 55.6 Å². The molecule has 0 atom stereocenters. The van der Waals surface area contributed by atoms with E-state index in [9.17, 15) is 4.39 Å². The van der Waals surface area contributed by atoms with E-state index in [0.717, 1.165) is 68.9 Å². The molecule has 2 aromatic carbocycles. The number of hydrogen-bond donors (Lipinski definition) is 3. The molecule has 6 aromatic rings. The fourth-order valence-electron chi connectivity index (χ4n) is 5.81. The van der Waals surface area contributed by atoms with Gasteiger partial charge >= 0.3 is 0 Å². The Labute approximate surface area is 225 Å². The summed E-state index contributed by atoms with van der Waals surface area (Å²) in [6, 6.07) is 19.2. The number of halogens is 1. The van der Waals surface area contributed by atoms with Gasteiger partial charge in [-0.25, -0.2) is 9.37 Å². The number of nitrogens with zero attached hydrogens (tertiary/aromatic N) is 3. The Bertz CT molecular complexity index is 1760. The van der Waals surface area contributed by atoms with Crippen molar-refractivity contribution < 1.29 is 4.39 Å². The smallest absolute Gasteiger partial charge is 0.181 e. The van der Waals surface area contributed by atoms with Crippen LogP contribution in [0.5, 0.6) is 0 Å². The predicted octanol–water partition coefficient (Wildman–Crippen LogP) is 7.25. The highest BCUT2D eigenvalue weighted by atomic mass is 19.1. The number of nitrogens with one attached hydrogen (secondary N) is 3. The minimum absolute atomic E-state index is 0.242. The van der Waals surface area contributed by atoms with Crippen LogP contribution in [0.1, 0.15) is 31.2 Å². The van der Waals surface area contributed by atoms with Crippen molar-refractivity contribution in [3.63, 3.8) is 0 Å². The topological polar surface area (TPSA) is 82.3 Å². The fourth-order valence-corrected chi connectivity index (χ4v) is 5.81. The van der Waals surface area contributed by atoms with Gasteiger partial charge < -0.3 is 10.3 Å². The molecule has 0 amide bonds. The van der Waals surface area contributed by atoms with Gasteiger partial charge in [-0.15, -0.1) is 0 Å². The molecule has 6 nitrogen and oxygen atoms in total. The summed E-state index contributed by atoms with van der Waals surface area (Å²) < 4.78 is 13.5. The zero-order valence-electron chi connectivity index (χ0n) is 21.5. The van der Waals surface area contributed by atoms with Crippen LogP contribution in [0.4, 0.5) is 4.39 Å². The lowest BCUT2D eigenvalue weighted by Crippen LogP contribution is -2.20. The fraction of sp³-hybridized carbons (Fsp3) is 0.219. The van der Waals surface area contributed by atoms with Crippen LogP contribution in [0.3, 0.4) is 0 Å². The molecule has 7 rings (SSSR count). The number of fused-ring (bicyclic) bond motifs is 2. The van der Waals surface area contributed by atoms with Gasteiger partial charge in [-0.3, -0.25) is 10.1 Å². The third-order valence-corrected chi connectivity index (χ3v) is 7.86. The average molecular weight is 517 g/mol. The van der Waals surface area contributed by atoms with Crippen molar-refractivity contribution in [2.24, 2.45) is 5.92 Å². The largest absolute Gasteiger partial charge is 0.353 e. The molecule has 7 heteroatoms. The molecule has 0 bridgehead atoms. The Morgan fingerprint density at radius 1 is 0.872 bits per heavy atom. The molecule has 1 saturated carbocycles. The lowest BCUT2D eigenvalue weighted by atomic mass is 10.0. The molecule has 0 aliphatic heterocycles. The monoisotopic (exact) mass is 516 g/mol. The normalized spacial score (nSPS) is 14.1. The number of hydrogen-bond acceptors (Lipinski definition) is 4. The Kier molecular flexibility index (Phi) is 6.13. The first-order valence-electron chi connectivity index (χ1n) is 13.6. The first-order valence-corrected chi connectivity index (χ1v) is 13.6. The summed E-state index contributed by atoms with van der Waals surface area (Å²) in [6.07, 6.45) is 11.1. The van der Waals surface area contributed by atoms with Gasteiger partial charge in [-0.05, 0) is 78.4 Å². The highest BCUT2D eigenvalue weighted by Gasteiger charge is 2.16. The van der Waals surface area contributed by atoms with Crippen LogP contribution in [-0.2, 0) is 6.54 Å². The molecule has 4 aromatic heterocycles. The van der Waals surface area contributed by atoms with Crippen LogP contribution in [0.15, 0.2) is 79.3 Å². The Morgan fingerprint density at radius 3 is 2.59 bits per heavy atom. The van der Waals surface area contributed by atoms with E-state index in [1.165, 1.54) is 43.4 Å². The number of aromatic amines is 2. The van der Waals surface area contributed by atoms with E-state index in [-0.39, 0.29) is 5.82 Å². The first-order chi connectivity index (χ1) is 19.2. The number of H-pyrrole nitrogens is 2. The zero-order valence-corrected chi connectivity index (χ0v) is 21.5. The Balaban J connectivity index is 1.20. The predicted molar refractivity (Wildman–Crippen MR) is 153 cm³/mol. The standard InChI is InChI=1S/C32H29FN6/c33-25-10-8-22(9-11-25)26-6-3-7-29-27(26)14-30(37-29)31-28-13-24(19-36-32(28)39-38-31)23-12-21(17-35-18-23)16-34-15-20-4-1-2-5-20/h3,6-14,17-20,34,37H,1-2,4-5,15-16H2,(H,36,38,39). The minimum Gasteiger partial charge on any atom is -0.353 e. The Hall–Kier alpha value is -4.36. The summed E-state index contributed by atoms with van der Waals surface area (Å²) in [6.45, 7) is 1.89. The molecule has 1 fully saturated rings. The van der Waals surface area contributed by atoms with Crippen LogP contribution in [-0.4, -0.2) is 31.7 Å². The maximum atomic E-state index is 13.5. The zero-order chi connectivity index (χ0) is 26.2. The van der Waals surface area contributed by atoms with Gasteiger partial charge in [0.2, 0.25) is 0 Å². The van der Waals surface area contributed by atoms with Crippen LogP contribution >= 0.6 is 0 Å². The van der Waals surface area contributed by atoms with Gasteiger partial charge in [-0.2, -0.15) is 5.10 Å². The number of aromatic nitrogens is 5. The second kappa shape index (κ2) is 10.1. The maximum Gasteiger partial charge on any atom is 0.181 e. The van der Waals surface area contributed by atoms with Crippen LogP contribution in [0, 0.1) is 11.7 Å². The van der Waals surface area contributed by atoms with Gasteiger partial charge in [-0.1, -0.05) is 37.1 Å². The van der Waals surface area contributed by atoms with Crippen molar-refractivity contribution in [3.8, 4) is 33.6 Å². The van der Waals surface area contributed by atoms with E-state index in [1.807, 2.05) is 42.9 Å². The third kappa shape index (κ3) is 4.70. The molecule has 1 aliphatic carbocycles. The molecule has 4 heterocycles. The van der Waals surface area contributed by atoms with Gasteiger partial charge in [0.15, 0.2) is 5.65 Å². The molecular formula is C32H29FN6. The summed E-state index contributed by atoms with van der Waals surface area (Å²) in [7, 11) is 0. The van der Waals surface area contributed by atoms with Crippen molar-refractivity contribution in [3.05, 3.63) is 90.6 Å². The SMILES string of the molecule is Fc1ccc(-c2cccc3[nH]c(-c4[nH]nc5ncc(-c6cncc(CNCC7CCCC7)c6)cc45)cc23)cc1. The van der Waals surface area contributed by atoms with Gasteiger partial charge in [0, 0.05) is 52.6 Å². The molecule has 0 spiro atoms. The average Bonchev–Trinajstić information content (AvgIpc) is 3.73. The molecule has 0 unspecified atom stereocenters. The van der Waals surface area contributed by atoms with Crippen molar-refractivity contribution in [2.75, 3.05) is 6.54 Å². The van der Waals surface area contributed by atoms with Crippen molar-refractivity contribution in [1.29, 1.82) is 0 Å². The highest BCUT2D eigenvalue weighted by molar-refractivity contribution is 6.01. The lowest BCUT2D eigenvalue weighted by molar-refractivity contribution is 0.489. The van der Waals surface area contributed by atoms with E-state index in [2.05, 4.69) is 54.7 Å². The van der Waals surface area contributed by atoms with E-state index < -0.39 is 0 Å². The molecule has 0 saturated heterocycles. The molecule has 0 radical (unpaired) electrons. The summed E-state index contributed by atoms with van der Waals surface area (Å²) in [5.41, 5.74) is 8.67. The van der Waals surface area contributed by atoms with Crippen molar-refractivity contribution >= 4 is 21.9 Å². The van der Waals surface area contributed by atoms with E-state index in [0.29, 0.717) is 5.65 Å². The van der Waals surface area contributed by atoms with E-state index in [1.54, 1.807) is 0 Å². The van der Waals surface area contributed by atoms with Crippen molar-refractivity contribution in [1.82, 2.24) is 30.5 Å². The summed E-state index contributed by atoms with van der Waals surface area (Å²) in [5.74, 6) is 0.567. The third-order valence-electron chi connectivity index (χ3n) is 7.86. The van der Waals surface area contributed by atoms with Crippen LogP contribution in [0.2, 0.25) is 0 Å². The minimum atomic E-state index is -0.242. The Morgan fingerprint density at radius 2 is 1.72 bits per heavy atom. The highest BCUT2D eigenvalue weighted by Crippen LogP contribution is 2.35.